The Labute approximate surface area is 452 Å². The van der Waals surface area contributed by atoms with Crippen molar-refractivity contribution in [3.8, 4) is 44.8 Å². The third-order valence-corrected chi connectivity index (χ3v) is 18.9. The minimum absolute atomic E-state index is 0.695. The summed E-state index contributed by atoms with van der Waals surface area (Å²) in [6.45, 7) is 4.87. The molecule has 1 aliphatic heterocycles. The molecule has 0 amide bonds. The molecule has 15 aromatic rings. The molecule has 0 unspecified atom stereocenters. The van der Waals surface area contributed by atoms with Gasteiger partial charge in [-0.3, -0.25) is 0 Å². The summed E-state index contributed by atoms with van der Waals surface area (Å²) in [6, 6.07) is 82.5. The lowest BCUT2D eigenvalue weighted by atomic mass is 9.82. The van der Waals surface area contributed by atoms with Crippen LogP contribution in [0.5, 0.6) is 0 Å². The number of thioether (sulfide) groups is 1. The van der Waals surface area contributed by atoms with Crippen LogP contribution in [-0.2, 0) is 11.3 Å². The maximum absolute atomic E-state index is 7.39. The fourth-order valence-electron chi connectivity index (χ4n) is 13.5. The third-order valence-electron chi connectivity index (χ3n) is 16.6. The number of nitrogens with zero attached hydrogens (tertiary/aromatic N) is 3. The van der Waals surface area contributed by atoms with Crippen LogP contribution in [-0.4, -0.2) is 13.7 Å². The average molecular weight is 1020 g/mol. The lowest BCUT2D eigenvalue weighted by molar-refractivity contribution is 0.462. The van der Waals surface area contributed by atoms with Gasteiger partial charge in [0.1, 0.15) is 0 Å². The molecule has 0 bridgehead atoms. The van der Waals surface area contributed by atoms with Crippen LogP contribution in [0.25, 0.3) is 130 Å². The van der Waals surface area contributed by atoms with Crippen LogP contribution in [0.4, 0.5) is 11.4 Å². The number of benzene rings is 11. The van der Waals surface area contributed by atoms with Crippen LogP contribution >= 0.6 is 23.1 Å². The van der Waals surface area contributed by atoms with Crippen LogP contribution in [0.2, 0.25) is 0 Å². The molecule has 1 aliphatic rings. The van der Waals surface area contributed by atoms with Gasteiger partial charge in [-0.1, -0.05) is 152 Å². The Bertz CT molecular complexity index is 4950. The summed E-state index contributed by atoms with van der Waals surface area (Å²) < 4.78 is 10.3. The minimum atomic E-state index is -0.823. The number of nitrogen functional groups attached to an aromatic ring is 2. The number of hydrogen-bond donors (Lipinski definition) is 2. The fraction of sp³-hybridized carbons (Fsp3) is 0.0571. The van der Waals surface area contributed by atoms with Crippen molar-refractivity contribution in [3.63, 3.8) is 0 Å². The first kappa shape index (κ1) is 44.3. The monoisotopic (exact) mass is 1020 g/mol. The van der Waals surface area contributed by atoms with Crippen molar-refractivity contribution in [2.75, 3.05) is 11.5 Å². The standard InChI is InChI=1S/C70H49N5S2/c1-70(2,75-56-32-16-7-23-45(56)46-24-8-17-33-57(46)75)67-68(73-54-30-14-9-25-47(54)63-58(73)35-37-61-65(63)42-20-4-3-19-41(42)40-76-61)50(43-21-5-12-28-52(43)71)39-51(44-22-6-13-29-53(44)72)69(67)74-55-31-15-10-26-48(55)64-59(74)36-38-62-66(64)49-27-11-18-34-60(49)77-62/h3-39H,40,71-72H2,1-2H3. The molecule has 0 aliphatic carbocycles. The summed E-state index contributed by atoms with van der Waals surface area (Å²) in [6.07, 6.45) is 0. The van der Waals surface area contributed by atoms with Gasteiger partial charge in [-0.15, -0.1) is 23.1 Å². The Hall–Kier alpha value is -9.01. The highest BCUT2D eigenvalue weighted by atomic mass is 32.2. The van der Waals surface area contributed by atoms with Gasteiger partial charge in [0.15, 0.2) is 0 Å². The first-order valence-corrected chi connectivity index (χ1v) is 28.2. The van der Waals surface area contributed by atoms with Crippen molar-refractivity contribution in [3.05, 3.63) is 236 Å². The molecule has 0 saturated heterocycles. The zero-order chi connectivity index (χ0) is 51.3. The molecule has 366 valence electrons. The Morgan fingerprint density at radius 3 is 1.49 bits per heavy atom. The normalized spacial score (nSPS) is 12.8. The molecule has 4 aromatic heterocycles. The van der Waals surface area contributed by atoms with E-state index in [0.717, 1.165) is 78.0 Å². The van der Waals surface area contributed by atoms with Crippen LogP contribution < -0.4 is 11.5 Å². The molecule has 0 fully saturated rings. The van der Waals surface area contributed by atoms with E-state index in [4.69, 9.17) is 11.5 Å². The summed E-state index contributed by atoms with van der Waals surface area (Å²) in [5.74, 6) is 0.932. The Morgan fingerprint density at radius 2 is 0.870 bits per heavy atom. The first-order chi connectivity index (χ1) is 37.8. The van der Waals surface area contributed by atoms with Gasteiger partial charge in [-0.2, -0.15) is 0 Å². The van der Waals surface area contributed by atoms with Gasteiger partial charge in [0.25, 0.3) is 0 Å². The molecule has 0 saturated carbocycles. The van der Waals surface area contributed by atoms with Gasteiger partial charge in [-0.05, 0) is 97.8 Å². The molecular formula is C70H49N5S2. The molecule has 5 heterocycles. The van der Waals surface area contributed by atoms with Crippen LogP contribution in [0, 0.1) is 0 Å². The Kier molecular flexibility index (Phi) is 9.49. The second kappa shape index (κ2) is 16.5. The zero-order valence-corrected chi connectivity index (χ0v) is 44.0. The number of anilines is 2. The maximum atomic E-state index is 7.39. The van der Waals surface area contributed by atoms with Gasteiger partial charge in [0.2, 0.25) is 0 Å². The minimum Gasteiger partial charge on any atom is -0.398 e. The van der Waals surface area contributed by atoms with Crippen molar-refractivity contribution in [1.29, 1.82) is 0 Å². The van der Waals surface area contributed by atoms with Crippen LogP contribution in [0.1, 0.15) is 25.0 Å². The number of hydrogen-bond acceptors (Lipinski definition) is 4. The van der Waals surface area contributed by atoms with Crippen molar-refractivity contribution < 1.29 is 0 Å². The molecule has 0 atom stereocenters. The first-order valence-electron chi connectivity index (χ1n) is 26.4. The summed E-state index contributed by atoms with van der Waals surface area (Å²) >= 11 is 3.80. The molecule has 5 nitrogen and oxygen atoms in total. The zero-order valence-electron chi connectivity index (χ0n) is 42.4. The van der Waals surface area contributed by atoms with Gasteiger partial charge >= 0.3 is 0 Å². The second-order valence-electron chi connectivity index (χ2n) is 21.1. The predicted octanol–water partition coefficient (Wildman–Crippen LogP) is 18.9. The van der Waals surface area contributed by atoms with E-state index in [1.54, 1.807) is 0 Å². The number of nitrogens with two attached hydrogens (primary N) is 2. The molecular weight excluding hydrogens is 975 g/mol. The fourth-order valence-corrected chi connectivity index (χ4v) is 15.7. The number of para-hydroxylation sites is 6. The highest BCUT2D eigenvalue weighted by Crippen LogP contribution is 2.55. The lowest BCUT2D eigenvalue weighted by Crippen LogP contribution is -2.31. The van der Waals surface area contributed by atoms with Gasteiger partial charge in [0.05, 0.1) is 39.0 Å². The molecule has 0 spiro atoms. The van der Waals surface area contributed by atoms with Crippen LogP contribution in [0.15, 0.2) is 229 Å². The Morgan fingerprint density at radius 1 is 0.390 bits per heavy atom. The van der Waals surface area contributed by atoms with Gasteiger partial charge < -0.3 is 25.2 Å². The second-order valence-corrected chi connectivity index (χ2v) is 23.2. The topological polar surface area (TPSA) is 66.8 Å². The third kappa shape index (κ3) is 6.18. The van der Waals surface area contributed by atoms with Crippen molar-refractivity contribution in [1.82, 2.24) is 13.7 Å². The number of rotatable bonds is 6. The van der Waals surface area contributed by atoms with Crippen LogP contribution in [0.3, 0.4) is 0 Å². The maximum Gasteiger partial charge on any atom is 0.0688 e. The molecule has 0 radical (unpaired) electrons. The molecule has 16 rings (SSSR count). The average Bonchev–Trinajstić information content (AvgIpc) is 4.28. The van der Waals surface area contributed by atoms with E-state index >= 15 is 0 Å². The van der Waals surface area contributed by atoms with Crippen molar-refractivity contribution in [2.24, 2.45) is 0 Å². The van der Waals surface area contributed by atoms with Gasteiger partial charge in [0, 0.05) is 119 Å². The van der Waals surface area contributed by atoms with E-state index in [9.17, 15) is 0 Å². The van der Waals surface area contributed by atoms with Crippen molar-refractivity contribution in [2.45, 2.75) is 30.0 Å². The van der Waals surface area contributed by atoms with Crippen molar-refractivity contribution >= 4 is 120 Å². The summed E-state index contributed by atoms with van der Waals surface area (Å²) in [7, 11) is 0. The lowest BCUT2D eigenvalue weighted by Gasteiger charge is -2.37. The highest BCUT2D eigenvalue weighted by molar-refractivity contribution is 7.98. The quantitative estimate of drug-likeness (QED) is 0.163. The molecule has 77 heavy (non-hydrogen) atoms. The SMILES string of the molecule is CC(C)(c1c(-n2c3ccccc3c3c4c(ccc32)SCc2ccccc2-4)c(-c2ccccc2N)cc(-c2ccccc2N)c1-n1c2ccccc2c2c3c(ccc21)sc1ccccc13)n1c2ccccc2c2ccccc21. The predicted molar refractivity (Wildman–Crippen MR) is 331 cm³/mol. The van der Waals surface area contributed by atoms with E-state index < -0.39 is 5.54 Å². The van der Waals surface area contributed by atoms with Gasteiger partial charge in [-0.25, -0.2) is 0 Å². The highest BCUT2D eigenvalue weighted by Gasteiger charge is 2.39. The van der Waals surface area contributed by atoms with E-state index in [2.05, 4.69) is 228 Å². The molecule has 4 N–H and O–H groups in total. The number of fused-ring (bicyclic) bond motifs is 17. The van der Waals surface area contributed by atoms with E-state index in [0.29, 0.717) is 11.4 Å². The summed E-state index contributed by atoms with van der Waals surface area (Å²) in [5, 5.41) is 9.84. The number of thiophene rings is 1. The van der Waals surface area contributed by atoms with E-state index in [1.807, 2.05) is 47.4 Å². The summed E-state index contributed by atoms with van der Waals surface area (Å²) in [4.78, 5) is 1.30. The van der Waals surface area contributed by atoms with E-state index in [-0.39, 0.29) is 0 Å². The molecule has 11 aromatic carbocycles. The smallest absolute Gasteiger partial charge is 0.0688 e. The Balaban J connectivity index is 1.20. The number of aromatic nitrogens is 3. The summed E-state index contributed by atoms with van der Waals surface area (Å²) in [5.41, 5.74) is 33.2. The molecule has 7 heteroatoms. The van der Waals surface area contributed by atoms with E-state index in [1.165, 1.54) is 74.1 Å². The largest absolute Gasteiger partial charge is 0.398 e.